The molecular formula is C42H55F2NP2. The van der Waals surface area contributed by atoms with Crippen LogP contribution < -0.4 is 15.9 Å². The van der Waals surface area contributed by atoms with Gasteiger partial charge in [-0.25, -0.2) is 8.78 Å². The number of hydrogen-bond donors (Lipinski definition) is 0. The molecule has 1 unspecified atom stereocenters. The van der Waals surface area contributed by atoms with Crippen molar-refractivity contribution in [2.75, 3.05) is 13.6 Å². The lowest BCUT2D eigenvalue weighted by molar-refractivity contribution is 0.168. The summed E-state index contributed by atoms with van der Waals surface area (Å²) in [6, 6.07) is 24.7. The van der Waals surface area contributed by atoms with Crippen LogP contribution in [0.4, 0.5) is 8.78 Å². The molecule has 0 amide bonds. The van der Waals surface area contributed by atoms with E-state index in [2.05, 4.69) is 43.1 Å². The molecule has 0 heterocycles. The number of hydrogen-bond acceptors (Lipinski definition) is 1. The Hall–Kier alpha value is -1.66. The molecule has 1 nitrogen and oxygen atoms in total. The maximum atomic E-state index is 13.9. The van der Waals surface area contributed by atoms with Crippen molar-refractivity contribution in [3.05, 3.63) is 90.0 Å². The topological polar surface area (TPSA) is 3.24 Å². The van der Waals surface area contributed by atoms with Gasteiger partial charge in [-0.3, -0.25) is 0 Å². The van der Waals surface area contributed by atoms with Gasteiger partial charge in [0.05, 0.1) is 0 Å². The van der Waals surface area contributed by atoms with Crippen LogP contribution in [0.5, 0.6) is 0 Å². The summed E-state index contributed by atoms with van der Waals surface area (Å²) in [7, 11) is 1.60. The van der Waals surface area contributed by atoms with Crippen molar-refractivity contribution in [3.63, 3.8) is 0 Å². The highest BCUT2D eigenvalue weighted by atomic mass is 31.1. The van der Waals surface area contributed by atoms with Gasteiger partial charge in [-0.1, -0.05) is 88.6 Å². The fraction of sp³-hybridized carbons (Fsp3) is 0.571. The Morgan fingerprint density at radius 3 is 1.96 bits per heavy atom. The molecule has 4 saturated carbocycles. The molecule has 0 aromatic heterocycles. The highest BCUT2D eigenvalue weighted by Gasteiger charge is 2.43. The van der Waals surface area contributed by atoms with E-state index in [0.29, 0.717) is 17.6 Å². The Morgan fingerprint density at radius 2 is 1.30 bits per heavy atom. The third kappa shape index (κ3) is 7.59. The molecule has 0 radical (unpaired) electrons. The van der Waals surface area contributed by atoms with Gasteiger partial charge in [0, 0.05) is 12.6 Å². The fourth-order valence-corrected chi connectivity index (χ4v) is 17.4. The summed E-state index contributed by atoms with van der Waals surface area (Å²) in [6.07, 6.45) is 19.2. The Kier molecular flexibility index (Phi) is 11.1. The van der Waals surface area contributed by atoms with Gasteiger partial charge in [-0.2, -0.15) is 0 Å². The molecule has 5 heteroatoms. The number of nitrogens with zero attached hydrogens (tertiary/aromatic N) is 1. The lowest BCUT2D eigenvalue weighted by Crippen LogP contribution is -2.42. The van der Waals surface area contributed by atoms with Crippen LogP contribution in [-0.4, -0.2) is 41.5 Å². The van der Waals surface area contributed by atoms with E-state index in [4.69, 9.17) is 0 Å². The molecule has 0 spiro atoms. The third-order valence-corrected chi connectivity index (χ3v) is 19.1. The summed E-state index contributed by atoms with van der Waals surface area (Å²) < 4.78 is 27.8. The van der Waals surface area contributed by atoms with E-state index in [-0.39, 0.29) is 19.6 Å². The van der Waals surface area contributed by atoms with Crippen molar-refractivity contribution in [2.24, 2.45) is 11.8 Å². The number of rotatable bonds is 11. The summed E-state index contributed by atoms with van der Waals surface area (Å²) >= 11 is 0. The van der Waals surface area contributed by atoms with E-state index < -0.39 is 7.92 Å². The maximum Gasteiger partial charge on any atom is 0.123 e. The van der Waals surface area contributed by atoms with Crippen LogP contribution in [-0.2, 0) is 0 Å². The summed E-state index contributed by atoms with van der Waals surface area (Å²) in [6.45, 7) is 3.72. The quantitative estimate of drug-likeness (QED) is 0.183. The molecule has 6 atom stereocenters. The lowest BCUT2D eigenvalue weighted by Gasteiger charge is -2.41. The molecule has 4 aliphatic rings. The second kappa shape index (κ2) is 15.5. The van der Waals surface area contributed by atoms with Crippen LogP contribution in [0.2, 0.25) is 0 Å². The molecule has 0 saturated heterocycles. The van der Waals surface area contributed by atoms with Gasteiger partial charge >= 0.3 is 0 Å². The molecule has 3 aromatic rings. The van der Waals surface area contributed by atoms with Crippen LogP contribution in [0.3, 0.4) is 0 Å². The lowest BCUT2D eigenvalue weighted by atomic mass is 9.96. The zero-order valence-electron chi connectivity index (χ0n) is 28.7. The predicted octanol–water partition coefficient (Wildman–Crippen LogP) is 10.5. The average molecular weight is 674 g/mol. The molecular weight excluding hydrogens is 618 g/mol. The van der Waals surface area contributed by atoms with Crippen LogP contribution in [0.15, 0.2) is 72.8 Å². The monoisotopic (exact) mass is 673 g/mol. The molecule has 252 valence electrons. The highest BCUT2D eigenvalue weighted by Crippen LogP contribution is 2.60. The zero-order chi connectivity index (χ0) is 32.3. The van der Waals surface area contributed by atoms with E-state index in [1.807, 2.05) is 29.6 Å². The van der Waals surface area contributed by atoms with Crippen LogP contribution in [0.1, 0.15) is 108 Å². The maximum absolute atomic E-state index is 13.9. The fourth-order valence-electron chi connectivity index (χ4n) is 10.1. The van der Waals surface area contributed by atoms with Crippen molar-refractivity contribution in [2.45, 2.75) is 126 Å². The normalized spacial score (nSPS) is 26.9. The van der Waals surface area contributed by atoms with Gasteiger partial charge in [-0.05, 0) is 160 Å². The summed E-state index contributed by atoms with van der Waals surface area (Å²) in [5.74, 6) is 1.88. The first kappa shape index (κ1) is 33.8. The van der Waals surface area contributed by atoms with E-state index >= 15 is 0 Å². The molecule has 0 bridgehead atoms. The first-order chi connectivity index (χ1) is 23.0. The minimum atomic E-state index is -0.656. The van der Waals surface area contributed by atoms with E-state index in [9.17, 15) is 8.78 Å². The smallest absolute Gasteiger partial charge is 0.123 e. The van der Waals surface area contributed by atoms with Gasteiger partial charge in [-0.15, -0.1) is 0 Å². The van der Waals surface area contributed by atoms with E-state index in [1.165, 1.54) is 101 Å². The van der Waals surface area contributed by atoms with Crippen molar-refractivity contribution in [1.82, 2.24) is 4.90 Å². The van der Waals surface area contributed by atoms with Crippen LogP contribution >= 0.6 is 15.8 Å². The van der Waals surface area contributed by atoms with Gasteiger partial charge in [0.25, 0.3) is 0 Å². The van der Waals surface area contributed by atoms with E-state index in [1.54, 1.807) is 29.8 Å². The van der Waals surface area contributed by atoms with Crippen molar-refractivity contribution in [3.8, 4) is 0 Å². The Balaban J connectivity index is 1.06. The van der Waals surface area contributed by atoms with Gasteiger partial charge < -0.3 is 4.90 Å². The minimum Gasteiger partial charge on any atom is -0.303 e. The summed E-state index contributed by atoms with van der Waals surface area (Å²) in [5.41, 5.74) is 4.07. The SMILES string of the molecule is C[C@H]([C@@H]1CCCC1[P@@](c1ccccc1C1CCCC1)C1CCCC1)N(C)C[C@@H]1CC[C@H](P(c2ccc(F)cc2)c2ccc(F)cc2)C1. The first-order valence-electron chi connectivity index (χ1n) is 18.8. The van der Waals surface area contributed by atoms with Gasteiger partial charge in [0.15, 0.2) is 0 Å². The van der Waals surface area contributed by atoms with Gasteiger partial charge in [0.1, 0.15) is 11.6 Å². The molecule has 0 N–H and O–H groups in total. The standard InChI is InChI=1S/C42H55F2NP2/c1-30(39-15-9-17-41(39)47(35-12-5-6-13-35)42-16-8-7-14-40(42)32-10-3-4-11-32)45(2)29-31-18-23-38(28-31)46(36-24-19-33(43)20-25-36)37-26-21-34(44)22-27-37/h7-8,14,16,19-22,24-27,30-32,35,38-39,41H,3-6,9-13,15,17-18,23,28-29H2,1-2H3/t30-,31-,38+,39+,41?,47+/m1/s1. The van der Waals surface area contributed by atoms with Crippen molar-refractivity contribution in [1.29, 1.82) is 0 Å². The largest absolute Gasteiger partial charge is 0.303 e. The Bertz CT molecular complexity index is 1390. The summed E-state index contributed by atoms with van der Waals surface area (Å²) in [5, 5.41) is 4.24. The minimum absolute atomic E-state index is 0.156. The molecule has 7 rings (SSSR count). The third-order valence-electron chi connectivity index (χ3n) is 12.6. The van der Waals surface area contributed by atoms with Crippen LogP contribution in [0, 0.1) is 23.5 Å². The number of halogens is 2. The van der Waals surface area contributed by atoms with Crippen LogP contribution in [0.25, 0.3) is 0 Å². The highest BCUT2D eigenvalue weighted by molar-refractivity contribution is 7.73. The summed E-state index contributed by atoms with van der Waals surface area (Å²) in [4.78, 5) is 2.75. The van der Waals surface area contributed by atoms with Crippen molar-refractivity contribution < 1.29 is 8.78 Å². The molecule has 0 aliphatic heterocycles. The molecule has 47 heavy (non-hydrogen) atoms. The van der Waals surface area contributed by atoms with E-state index in [0.717, 1.165) is 29.7 Å². The predicted molar refractivity (Wildman–Crippen MR) is 200 cm³/mol. The zero-order valence-corrected chi connectivity index (χ0v) is 30.5. The Labute approximate surface area is 285 Å². The first-order valence-corrected chi connectivity index (χ1v) is 21.7. The van der Waals surface area contributed by atoms with Crippen molar-refractivity contribution >= 4 is 31.8 Å². The number of benzene rings is 3. The Morgan fingerprint density at radius 1 is 0.681 bits per heavy atom. The molecule has 4 fully saturated rings. The second-order valence-corrected chi connectivity index (χ2v) is 20.6. The molecule has 4 aliphatic carbocycles. The van der Waals surface area contributed by atoms with Gasteiger partial charge in [0.2, 0.25) is 0 Å². The average Bonchev–Trinajstić information content (AvgIpc) is 3.93. The molecule has 3 aromatic carbocycles. The second-order valence-electron chi connectivity index (χ2n) is 15.4.